The average molecular weight is 214 g/mol. The van der Waals surface area contributed by atoms with Gasteiger partial charge in [0, 0.05) is 32.6 Å². The molecule has 1 saturated heterocycles. The van der Waals surface area contributed by atoms with Crippen molar-refractivity contribution in [3.63, 3.8) is 0 Å². The largest absolute Gasteiger partial charge is 0.468 e. The van der Waals surface area contributed by atoms with Crippen LogP contribution in [-0.2, 0) is 14.3 Å². The Labute approximate surface area is 90.0 Å². The molecule has 1 heterocycles. The molecule has 0 aromatic heterocycles. The third-order valence-corrected chi connectivity index (χ3v) is 2.61. The molecule has 86 valence electrons. The van der Waals surface area contributed by atoms with E-state index in [1.165, 1.54) is 7.11 Å². The Hall–Kier alpha value is -1.10. The summed E-state index contributed by atoms with van der Waals surface area (Å²) in [5.41, 5.74) is 0. The number of amides is 1. The second-order valence-electron chi connectivity index (χ2n) is 3.59. The van der Waals surface area contributed by atoms with Gasteiger partial charge in [-0.1, -0.05) is 6.92 Å². The van der Waals surface area contributed by atoms with E-state index in [-0.39, 0.29) is 11.9 Å². The highest BCUT2D eigenvalue weighted by molar-refractivity contribution is 5.76. The fourth-order valence-electron chi connectivity index (χ4n) is 1.63. The molecule has 0 saturated carbocycles. The molecule has 15 heavy (non-hydrogen) atoms. The van der Waals surface area contributed by atoms with Crippen LogP contribution in [0.25, 0.3) is 0 Å². The molecular weight excluding hydrogens is 196 g/mol. The van der Waals surface area contributed by atoms with Crippen LogP contribution in [0, 0.1) is 0 Å². The van der Waals surface area contributed by atoms with Gasteiger partial charge < -0.3 is 9.64 Å². The van der Waals surface area contributed by atoms with Crippen LogP contribution in [0.2, 0.25) is 0 Å². The van der Waals surface area contributed by atoms with Gasteiger partial charge >= 0.3 is 5.97 Å². The molecule has 0 radical (unpaired) electrons. The number of methoxy groups -OCH3 is 1. The van der Waals surface area contributed by atoms with Crippen molar-refractivity contribution in [2.45, 2.75) is 13.3 Å². The third kappa shape index (κ3) is 3.51. The summed E-state index contributed by atoms with van der Waals surface area (Å²) < 4.78 is 4.59. The lowest BCUT2D eigenvalue weighted by Crippen LogP contribution is -2.49. The summed E-state index contributed by atoms with van der Waals surface area (Å²) >= 11 is 0. The molecule has 0 atom stereocenters. The maximum atomic E-state index is 11.4. The lowest BCUT2D eigenvalue weighted by Gasteiger charge is -2.33. The number of esters is 1. The molecule has 5 nitrogen and oxygen atoms in total. The fourth-order valence-corrected chi connectivity index (χ4v) is 1.63. The molecule has 0 aliphatic carbocycles. The Morgan fingerprint density at radius 3 is 2.27 bits per heavy atom. The lowest BCUT2D eigenvalue weighted by atomic mass is 10.3. The van der Waals surface area contributed by atoms with E-state index in [0.29, 0.717) is 26.1 Å². The second kappa shape index (κ2) is 5.70. The Balaban J connectivity index is 2.29. The molecule has 1 fully saturated rings. The molecule has 0 aromatic carbocycles. The van der Waals surface area contributed by atoms with Crippen molar-refractivity contribution in [1.82, 2.24) is 9.80 Å². The van der Waals surface area contributed by atoms with Gasteiger partial charge in [0.25, 0.3) is 0 Å². The SMILES string of the molecule is CCC(=O)N1CCN(CC(=O)OC)CC1. The normalized spacial score (nSPS) is 17.6. The monoisotopic (exact) mass is 214 g/mol. The summed E-state index contributed by atoms with van der Waals surface area (Å²) in [5.74, 6) is -0.0296. The summed E-state index contributed by atoms with van der Waals surface area (Å²) in [4.78, 5) is 26.2. The zero-order valence-electron chi connectivity index (χ0n) is 9.36. The highest BCUT2D eigenvalue weighted by Crippen LogP contribution is 2.03. The highest BCUT2D eigenvalue weighted by atomic mass is 16.5. The van der Waals surface area contributed by atoms with E-state index in [1.807, 2.05) is 16.7 Å². The molecule has 0 spiro atoms. The van der Waals surface area contributed by atoms with E-state index >= 15 is 0 Å². The maximum absolute atomic E-state index is 11.4. The Morgan fingerprint density at radius 1 is 1.20 bits per heavy atom. The number of ether oxygens (including phenoxy) is 1. The first kappa shape index (κ1) is 12.0. The van der Waals surface area contributed by atoms with Gasteiger partial charge in [0.1, 0.15) is 0 Å². The zero-order valence-corrected chi connectivity index (χ0v) is 9.36. The fraction of sp³-hybridized carbons (Fsp3) is 0.800. The van der Waals surface area contributed by atoms with Gasteiger partial charge in [-0.2, -0.15) is 0 Å². The van der Waals surface area contributed by atoms with Crippen LogP contribution < -0.4 is 0 Å². The summed E-state index contributed by atoms with van der Waals surface area (Å²) in [7, 11) is 1.39. The molecule has 5 heteroatoms. The summed E-state index contributed by atoms with van der Waals surface area (Å²) in [6, 6.07) is 0. The molecule has 1 aliphatic heterocycles. The predicted octanol–water partition coefficient (Wildman–Crippen LogP) is -0.286. The van der Waals surface area contributed by atoms with Crippen molar-refractivity contribution < 1.29 is 14.3 Å². The Kier molecular flexibility index (Phi) is 4.55. The molecular formula is C10H18N2O3. The molecule has 0 N–H and O–H groups in total. The smallest absolute Gasteiger partial charge is 0.319 e. The van der Waals surface area contributed by atoms with Crippen LogP contribution in [0.15, 0.2) is 0 Å². The van der Waals surface area contributed by atoms with E-state index < -0.39 is 0 Å². The summed E-state index contributed by atoms with van der Waals surface area (Å²) in [6.45, 7) is 5.11. The van der Waals surface area contributed by atoms with Crippen molar-refractivity contribution in [1.29, 1.82) is 0 Å². The van der Waals surface area contributed by atoms with Crippen molar-refractivity contribution in [2.24, 2.45) is 0 Å². The van der Waals surface area contributed by atoms with E-state index in [0.717, 1.165) is 13.1 Å². The van der Waals surface area contributed by atoms with Gasteiger partial charge in [-0.25, -0.2) is 0 Å². The van der Waals surface area contributed by atoms with Gasteiger partial charge in [0.15, 0.2) is 0 Å². The molecule has 0 unspecified atom stereocenters. The van der Waals surface area contributed by atoms with Crippen LogP contribution in [0.5, 0.6) is 0 Å². The maximum Gasteiger partial charge on any atom is 0.319 e. The standard InChI is InChI=1S/C10H18N2O3/c1-3-9(13)12-6-4-11(5-7-12)8-10(14)15-2/h3-8H2,1-2H3. The second-order valence-corrected chi connectivity index (χ2v) is 3.59. The van der Waals surface area contributed by atoms with Crippen molar-refractivity contribution in [3.8, 4) is 0 Å². The van der Waals surface area contributed by atoms with E-state index in [4.69, 9.17) is 0 Å². The van der Waals surface area contributed by atoms with Gasteiger partial charge in [0.05, 0.1) is 13.7 Å². The first-order valence-corrected chi connectivity index (χ1v) is 5.24. The van der Waals surface area contributed by atoms with Crippen molar-refractivity contribution >= 4 is 11.9 Å². The molecule has 1 amide bonds. The molecule has 1 aliphatic rings. The number of rotatable bonds is 3. The third-order valence-electron chi connectivity index (χ3n) is 2.61. The topological polar surface area (TPSA) is 49.9 Å². The van der Waals surface area contributed by atoms with Gasteiger partial charge in [-0.05, 0) is 0 Å². The minimum Gasteiger partial charge on any atom is -0.468 e. The van der Waals surface area contributed by atoms with Crippen molar-refractivity contribution in [2.75, 3.05) is 39.8 Å². The highest BCUT2D eigenvalue weighted by Gasteiger charge is 2.21. The number of nitrogens with zero attached hydrogens (tertiary/aromatic N) is 2. The van der Waals surface area contributed by atoms with Crippen LogP contribution >= 0.6 is 0 Å². The quantitative estimate of drug-likeness (QED) is 0.606. The van der Waals surface area contributed by atoms with Crippen LogP contribution in [0.1, 0.15) is 13.3 Å². The minimum atomic E-state index is -0.217. The number of carbonyl (C=O) groups is 2. The Bertz CT molecular complexity index is 235. The lowest BCUT2D eigenvalue weighted by molar-refractivity contribution is -0.142. The predicted molar refractivity (Wildman–Crippen MR) is 55.3 cm³/mol. The van der Waals surface area contributed by atoms with Gasteiger partial charge in [0.2, 0.25) is 5.91 Å². The number of piperazine rings is 1. The minimum absolute atomic E-state index is 0.188. The molecule has 0 aromatic rings. The number of hydrogen-bond acceptors (Lipinski definition) is 4. The first-order valence-electron chi connectivity index (χ1n) is 5.24. The van der Waals surface area contributed by atoms with Gasteiger partial charge in [-0.15, -0.1) is 0 Å². The molecule has 0 bridgehead atoms. The van der Waals surface area contributed by atoms with Gasteiger partial charge in [-0.3, -0.25) is 14.5 Å². The average Bonchev–Trinajstić information content (AvgIpc) is 2.29. The summed E-state index contributed by atoms with van der Waals surface area (Å²) in [6.07, 6.45) is 0.553. The number of carbonyl (C=O) groups excluding carboxylic acids is 2. The zero-order chi connectivity index (χ0) is 11.3. The molecule has 1 rings (SSSR count). The Morgan fingerprint density at radius 2 is 1.80 bits per heavy atom. The van der Waals surface area contributed by atoms with Crippen LogP contribution in [0.3, 0.4) is 0 Å². The first-order chi connectivity index (χ1) is 7.17. The van der Waals surface area contributed by atoms with Crippen molar-refractivity contribution in [3.05, 3.63) is 0 Å². The van der Waals surface area contributed by atoms with Crippen LogP contribution in [0.4, 0.5) is 0 Å². The van der Waals surface area contributed by atoms with E-state index in [9.17, 15) is 9.59 Å². The van der Waals surface area contributed by atoms with E-state index in [2.05, 4.69) is 4.74 Å². The van der Waals surface area contributed by atoms with Crippen LogP contribution in [-0.4, -0.2) is 61.5 Å². The number of hydrogen-bond donors (Lipinski definition) is 0. The summed E-state index contributed by atoms with van der Waals surface area (Å²) in [5, 5.41) is 0. The van der Waals surface area contributed by atoms with E-state index in [1.54, 1.807) is 0 Å².